The number of benzene rings is 1. The van der Waals surface area contributed by atoms with Crippen LogP contribution in [0.15, 0.2) is 28.7 Å². The molecule has 26 heavy (non-hydrogen) atoms. The summed E-state index contributed by atoms with van der Waals surface area (Å²) in [4.78, 5) is 23.1. The summed E-state index contributed by atoms with van der Waals surface area (Å²) in [6.45, 7) is 6.40. The number of carbonyl (C=O) groups excluding carboxylic acids is 1. The number of nitro groups is 1. The lowest BCUT2D eigenvalue weighted by molar-refractivity contribution is -0.384. The van der Waals surface area contributed by atoms with E-state index in [1.807, 2.05) is 13.8 Å². The number of nitro benzene ring substituents is 1. The number of anilines is 1. The molecule has 1 heterocycles. The predicted molar refractivity (Wildman–Crippen MR) is 96.1 cm³/mol. The number of rotatable bonds is 9. The standard InChI is InChI=1S/C18H22N2O6/c1-4-8-24-16-10-13(19-18(21)15-7-6-12(3)26-15)14(20(22)23)11-17(16)25-9-5-2/h6-7,10-11H,4-5,8-9H2,1-3H3,(H,19,21). The van der Waals surface area contributed by atoms with E-state index in [1.165, 1.54) is 18.2 Å². The van der Waals surface area contributed by atoms with E-state index in [4.69, 9.17) is 13.9 Å². The first-order valence-electron chi connectivity index (χ1n) is 8.42. The van der Waals surface area contributed by atoms with Gasteiger partial charge in [-0.3, -0.25) is 14.9 Å². The van der Waals surface area contributed by atoms with Gasteiger partial charge in [0.2, 0.25) is 0 Å². The Bertz CT molecular complexity index is 784. The molecule has 0 aliphatic rings. The zero-order valence-corrected chi connectivity index (χ0v) is 15.0. The Morgan fingerprint density at radius 2 is 1.77 bits per heavy atom. The molecular weight excluding hydrogens is 340 g/mol. The molecule has 0 bridgehead atoms. The molecular formula is C18H22N2O6. The van der Waals surface area contributed by atoms with Crippen LogP contribution in [0.1, 0.15) is 43.0 Å². The maximum atomic E-state index is 12.3. The average Bonchev–Trinajstić information content (AvgIpc) is 3.05. The van der Waals surface area contributed by atoms with Gasteiger partial charge in [0.05, 0.1) is 24.2 Å². The van der Waals surface area contributed by atoms with Crippen molar-refractivity contribution < 1.29 is 23.6 Å². The zero-order chi connectivity index (χ0) is 19.1. The van der Waals surface area contributed by atoms with E-state index >= 15 is 0 Å². The van der Waals surface area contributed by atoms with Crippen LogP contribution in [0.5, 0.6) is 11.5 Å². The molecule has 1 aromatic heterocycles. The van der Waals surface area contributed by atoms with Crippen molar-refractivity contribution in [3.8, 4) is 11.5 Å². The van der Waals surface area contributed by atoms with Crippen molar-refractivity contribution in [2.24, 2.45) is 0 Å². The van der Waals surface area contributed by atoms with E-state index in [9.17, 15) is 14.9 Å². The molecule has 1 aromatic carbocycles. The Balaban J connectivity index is 2.38. The van der Waals surface area contributed by atoms with Gasteiger partial charge in [-0.15, -0.1) is 0 Å². The third-order valence-corrected chi connectivity index (χ3v) is 3.39. The Labute approximate surface area is 151 Å². The maximum Gasteiger partial charge on any atom is 0.296 e. The molecule has 8 nitrogen and oxygen atoms in total. The molecule has 2 aromatic rings. The molecule has 0 atom stereocenters. The quantitative estimate of drug-likeness (QED) is 0.526. The highest BCUT2D eigenvalue weighted by Gasteiger charge is 2.23. The molecule has 0 saturated heterocycles. The third kappa shape index (κ3) is 4.75. The monoisotopic (exact) mass is 362 g/mol. The molecule has 0 fully saturated rings. The van der Waals surface area contributed by atoms with Crippen LogP contribution in [0.4, 0.5) is 11.4 Å². The lowest BCUT2D eigenvalue weighted by Crippen LogP contribution is -2.13. The van der Waals surface area contributed by atoms with Crippen molar-refractivity contribution in [2.45, 2.75) is 33.6 Å². The zero-order valence-electron chi connectivity index (χ0n) is 15.0. The summed E-state index contributed by atoms with van der Waals surface area (Å²) >= 11 is 0. The van der Waals surface area contributed by atoms with Crippen molar-refractivity contribution in [1.29, 1.82) is 0 Å². The highest BCUT2D eigenvalue weighted by molar-refractivity contribution is 6.03. The molecule has 1 N–H and O–H groups in total. The highest BCUT2D eigenvalue weighted by Crippen LogP contribution is 2.38. The van der Waals surface area contributed by atoms with Crippen LogP contribution in [0.25, 0.3) is 0 Å². The van der Waals surface area contributed by atoms with Crippen LogP contribution >= 0.6 is 0 Å². The summed E-state index contributed by atoms with van der Waals surface area (Å²) in [5, 5.41) is 13.9. The van der Waals surface area contributed by atoms with Crippen LogP contribution in [-0.4, -0.2) is 24.0 Å². The molecule has 0 saturated carbocycles. The molecule has 0 radical (unpaired) electrons. The van der Waals surface area contributed by atoms with Gasteiger partial charge in [-0.25, -0.2) is 0 Å². The van der Waals surface area contributed by atoms with Crippen molar-refractivity contribution >= 4 is 17.3 Å². The average molecular weight is 362 g/mol. The summed E-state index contributed by atoms with van der Waals surface area (Å²) in [5.74, 6) is 0.680. The number of carbonyl (C=O) groups is 1. The van der Waals surface area contributed by atoms with Gasteiger partial charge in [-0.1, -0.05) is 13.8 Å². The number of amides is 1. The van der Waals surface area contributed by atoms with Gasteiger partial charge in [0.1, 0.15) is 11.4 Å². The van der Waals surface area contributed by atoms with Gasteiger partial charge in [-0.2, -0.15) is 0 Å². The van der Waals surface area contributed by atoms with E-state index in [0.29, 0.717) is 24.7 Å². The van der Waals surface area contributed by atoms with Gasteiger partial charge in [0.25, 0.3) is 11.6 Å². The third-order valence-electron chi connectivity index (χ3n) is 3.39. The lowest BCUT2D eigenvalue weighted by Gasteiger charge is -2.14. The Morgan fingerprint density at radius 3 is 2.27 bits per heavy atom. The molecule has 1 amide bonds. The van der Waals surface area contributed by atoms with Crippen LogP contribution in [0.2, 0.25) is 0 Å². The first-order valence-corrected chi connectivity index (χ1v) is 8.42. The van der Waals surface area contributed by atoms with Gasteiger partial charge in [0.15, 0.2) is 17.3 Å². The summed E-state index contributed by atoms with van der Waals surface area (Å²) in [6, 6.07) is 5.82. The van der Waals surface area contributed by atoms with Crippen molar-refractivity contribution in [2.75, 3.05) is 18.5 Å². The maximum absolute atomic E-state index is 12.3. The fourth-order valence-corrected chi connectivity index (χ4v) is 2.19. The molecule has 2 rings (SSSR count). The second-order valence-corrected chi connectivity index (χ2v) is 5.63. The number of furan rings is 1. The lowest BCUT2D eigenvalue weighted by atomic mass is 10.2. The number of ether oxygens (including phenoxy) is 2. The van der Waals surface area contributed by atoms with Crippen molar-refractivity contribution in [3.63, 3.8) is 0 Å². The number of nitrogens with zero attached hydrogens (tertiary/aromatic N) is 1. The van der Waals surface area contributed by atoms with E-state index in [2.05, 4.69) is 5.32 Å². The van der Waals surface area contributed by atoms with Gasteiger partial charge < -0.3 is 19.2 Å². The van der Waals surface area contributed by atoms with E-state index < -0.39 is 10.8 Å². The molecule has 0 unspecified atom stereocenters. The Morgan fingerprint density at radius 1 is 1.15 bits per heavy atom. The van der Waals surface area contributed by atoms with Crippen LogP contribution in [0, 0.1) is 17.0 Å². The number of hydrogen-bond donors (Lipinski definition) is 1. The largest absolute Gasteiger partial charge is 0.490 e. The summed E-state index contributed by atoms with van der Waals surface area (Å²) in [5.41, 5.74) is -0.263. The van der Waals surface area contributed by atoms with Crippen molar-refractivity contribution in [3.05, 3.63) is 45.9 Å². The minimum absolute atomic E-state index is 0.0176. The van der Waals surface area contributed by atoms with E-state index in [1.54, 1.807) is 13.0 Å². The van der Waals surface area contributed by atoms with E-state index in [-0.39, 0.29) is 22.9 Å². The van der Waals surface area contributed by atoms with Gasteiger partial charge >= 0.3 is 0 Å². The number of nitrogens with one attached hydrogen (secondary N) is 1. The fourth-order valence-electron chi connectivity index (χ4n) is 2.19. The summed E-state index contributed by atoms with van der Waals surface area (Å²) < 4.78 is 16.4. The molecule has 0 aliphatic carbocycles. The SMILES string of the molecule is CCCOc1cc(NC(=O)c2ccc(C)o2)c([N+](=O)[O-])cc1OCCC. The summed E-state index contributed by atoms with van der Waals surface area (Å²) in [6.07, 6.45) is 1.51. The van der Waals surface area contributed by atoms with E-state index in [0.717, 1.165) is 12.8 Å². The van der Waals surface area contributed by atoms with Crippen LogP contribution in [0.3, 0.4) is 0 Å². The van der Waals surface area contributed by atoms with Crippen LogP contribution < -0.4 is 14.8 Å². The molecule has 8 heteroatoms. The number of aryl methyl sites for hydroxylation is 1. The topological polar surface area (TPSA) is 104 Å². The molecule has 0 aliphatic heterocycles. The van der Waals surface area contributed by atoms with Crippen molar-refractivity contribution in [1.82, 2.24) is 0 Å². The fraction of sp³-hybridized carbons (Fsp3) is 0.389. The van der Waals surface area contributed by atoms with Gasteiger partial charge in [0, 0.05) is 6.07 Å². The summed E-state index contributed by atoms with van der Waals surface area (Å²) in [7, 11) is 0. The second-order valence-electron chi connectivity index (χ2n) is 5.63. The van der Waals surface area contributed by atoms with Crippen LogP contribution in [-0.2, 0) is 0 Å². The minimum atomic E-state index is -0.579. The highest BCUT2D eigenvalue weighted by atomic mass is 16.6. The second kappa shape index (κ2) is 8.89. The molecule has 0 spiro atoms. The predicted octanol–water partition coefficient (Wildman–Crippen LogP) is 4.33. The van der Waals surface area contributed by atoms with Gasteiger partial charge in [-0.05, 0) is 31.9 Å². The first kappa shape index (κ1) is 19.3. The smallest absolute Gasteiger partial charge is 0.296 e. The minimum Gasteiger partial charge on any atom is -0.490 e. The number of hydrogen-bond acceptors (Lipinski definition) is 6. The normalized spacial score (nSPS) is 10.4. The first-order chi connectivity index (χ1) is 12.5. The molecule has 140 valence electrons. The Kier molecular flexibility index (Phi) is 6.60. The Hall–Kier alpha value is -3.03.